The number of rotatable bonds is 2. The summed E-state index contributed by atoms with van der Waals surface area (Å²) < 4.78 is 0. The van der Waals surface area contributed by atoms with Crippen LogP contribution in [0.1, 0.15) is 35.0 Å². The zero-order valence-corrected chi connectivity index (χ0v) is 11.2. The Balaban J connectivity index is 1.88. The average Bonchev–Trinajstić information content (AvgIpc) is 2.80. The Labute approximate surface area is 117 Å². The first-order valence-electron chi connectivity index (χ1n) is 6.56. The molecule has 0 bridgehead atoms. The number of nitrogens with two attached hydrogens (primary N) is 1. The van der Waals surface area contributed by atoms with Crippen LogP contribution in [0.3, 0.4) is 0 Å². The molecule has 0 aliphatic heterocycles. The number of aromatic nitrogens is 2. The molecule has 1 atom stereocenters. The van der Waals surface area contributed by atoms with Crippen LogP contribution in [0, 0.1) is 18.3 Å². The van der Waals surface area contributed by atoms with Crippen molar-refractivity contribution in [1.29, 1.82) is 5.26 Å². The average molecular weight is 265 g/mol. The molecule has 1 heterocycles. The quantitative estimate of drug-likeness (QED) is 0.814. The summed E-state index contributed by atoms with van der Waals surface area (Å²) in [6.45, 7) is 1.86. The van der Waals surface area contributed by atoms with Gasteiger partial charge in [0.1, 0.15) is 11.8 Å². The van der Waals surface area contributed by atoms with Crippen molar-refractivity contribution >= 4 is 11.6 Å². The van der Waals surface area contributed by atoms with Gasteiger partial charge in [0.2, 0.25) is 5.95 Å². The van der Waals surface area contributed by atoms with Crippen LogP contribution in [0.5, 0.6) is 0 Å². The molecule has 1 aliphatic rings. The van der Waals surface area contributed by atoms with E-state index < -0.39 is 0 Å². The lowest BCUT2D eigenvalue weighted by Crippen LogP contribution is -2.11. The maximum Gasteiger partial charge on any atom is 0.224 e. The van der Waals surface area contributed by atoms with Crippen molar-refractivity contribution < 1.29 is 0 Å². The molecule has 0 spiro atoms. The summed E-state index contributed by atoms with van der Waals surface area (Å²) in [5.41, 5.74) is 10.3. The molecule has 1 unspecified atom stereocenters. The van der Waals surface area contributed by atoms with Crippen molar-refractivity contribution in [1.82, 2.24) is 9.97 Å². The van der Waals surface area contributed by atoms with E-state index in [2.05, 4.69) is 27.4 Å². The Kier molecular flexibility index (Phi) is 2.99. The molecule has 5 nitrogen and oxygen atoms in total. The number of anilines is 2. The van der Waals surface area contributed by atoms with Crippen LogP contribution in [-0.4, -0.2) is 9.97 Å². The van der Waals surface area contributed by atoms with Crippen molar-refractivity contribution in [2.75, 3.05) is 11.1 Å². The molecule has 2 aromatic rings. The van der Waals surface area contributed by atoms with Gasteiger partial charge in [0.05, 0.1) is 6.04 Å². The number of nitrogens with zero attached hydrogens (tertiary/aromatic N) is 3. The second kappa shape index (κ2) is 4.82. The topological polar surface area (TPSA) is 87.6 Å². The van der Waals surface area contributed by atoms with E-state index in [0.29, 0.717) is 11.6 Å². The first kappa shape index (κ1) is 12.4. The summed E-state index contributed by atoms with van der Waals surface area (Å²) in [6, 6.07) is 9.89. The van der Waals surface area contributed by atoms with E-state index in [0.717, 1.165) is 24.2 Å². The minimum atomic E-state index is 0.180. The Morgan fingerprint density at radius 2 is 2.20 bits per heavy atom. The van der Waals surface area contributed by atoms with Crippen LogP contribution in [-0.2, 0) is 6.42 Å². The van der Waals surface area contributed by atoms with Gasteiger partial charge in [-0.05, 0) is 49.1 Å². The third-order valence-corrected chi connectivity index (χ3v) is 3.52. The highest BCUT2D eigenvalue weighted by atomic mass is 15.1. The highest BCUT2D eigenvalue weighted by Crippen LogP contribution is 2.34. The highest BCUT2D eigenvalue weighted by molar-refractivity contribution is 5.50. The number of fused-ring (bicyclic) bond motifs is 1. The molecule has 1 aliphatic carbocycles. The molecule has 3 N–H and O–H groups in total. The largest absolute Gasteiger partial charge is 0.399 e. The molecule has 5 heteroatoms. The Bertz CT molecular complexity index is 702. The van der Waals surface area contributed by atoms with Crippen LogP contribution in [0.4, 0.5) is 11.6 Å². The molecule has 0 fully saturated rings. The van der Waals surface area contributed by atoms with Gasteiger partial charge in [-0.3, -0.25) is 0 Å². The lowest BCUT2D eigenvalue weighted by Gasteiger charge is -2.14. The minimum absolute atomic E-state index is 0.180. The number of nitrogen functional groups attached to an aromatic ring is 1. The van der Waals surface area contributed by atoms with Crippen LogP contribution in [0.15, 0.2) is 24.3 Å². The maximum atomic E-state index is 8.95. The molecular formula is C15H15N5. The second-order valence-electron chi connectivity index (χ2n) is 5.02. The van der Waals surface area contributed by atoms with Crippen molar-refractivity contribution in [2.24, 2.45) is 0 Å². The van der Waals surface area contributed by atoms with Crippen LogP contribution >= 0.6 is 0 Å². The van der Waals surface area contributed by atoms with E-state index in [4.69, 9.17) is 11.0 Å². The Morgan fingerprint density at radius 3 is 3.00 bits per heavy atom. The fourth-order valence-electron chi connectivity index (χ4n) is 2.63. The summed E-state index contributed by atoms with van der Waals surface area (Å²) in [5, 5.41) is 12.3. The molecule has 0 amide bonds. The first-order chi connectivity index (χ1) is 9.65. The predicted molar refractivity (Wildman–Crippen MR) is 77.0 cm³/mol. The molecule has 20 heavy (non-hydrogen) atoms. The van der Waals surface area contributed by atoms with Gasteiger partial charge in [-0.1, -0.05) is 6.07 Å². The zero-order valence-electron chi connectivity index (χ0n) is 11.2. The van der Waals surface area contributed by atoms with E-state index >= 15 is 0 Å². The second-order valence-corrected chi connectivity index (χ2v) is 5.02. The van der Waals surface area contributed by atoms with Crippen molar-refractivity contribution in [2.45, 2.75) is 25.8 Å². The van der Waals surface area contributed by atoms with Gasteiger partial charge in [0.25, 0.3) is 0 Å². The van der Waals surface area contributed by atoms with Crippen LogP contribution in [0.25, 0.3) is 0 Å². The van der Waals surface area contributed by atoms with Gasteiger partial charge in [0.15, 0.2) is 0 Å². The lowest BCUT2D eigenvalue weighted by atomic mass is 10.1. The van der Waals surface area contributed by atoms with Gasteiger partial charge in [-0.25, -0.2) is 9.97 Å². The number of hydrogen-bond donors (Lipinski definition) is 2. The SMILES string of the molecule is Cc1cc(C#N)nc(NC2CCc3cc(N)ccc32)n1. The third kappa shape index (κ3) is 2.28. The van der Waals surface area contributed by atoms with E-state index in [-0.39, 0.29) is 6.04 Å². The number of aryl methyl sites for hydroxylation is 2. The van der Waals surface area contributed by atoms with Gasteiger partial charge in [0, 0.05) is 11.4 Å². The van der Waals surface area contributed by atoms with Crippen molar-refractivity contribution in [3.8, 4) is 6.07 Å². The Morgan fingerprint density at radius 1 is 1.35 bits per heavy atom. The summed E-state index contributed by atoms with van der Waals surface area (Å²) in [6.07, 6.45) is 1.98. The molecule has 0 saturated carbocycles. The van der Waals surface area contributed by atoms with Crippen LogP contribution in [0.2, 0.25) is 0 Å². The van der Waals surface area contributed by atoms with E-state index in [9.17, 15) is 0 Å². The van der Waals surface area contributed by atoms with Gasteiger partial charge in [-0.15, -0.1) is 0 Å². The van der Waals surface area contributed by atoms with Gasteiger partial charge >= 0.3 is 0 Å². The normalized spacial score (nSPS) is 16.5. The molecular weight excluding hydrogens is 250 g/mol. The number of nitriles is 1. The Hall–Kier alpha value is -2.61. The maximum absolute atomic E-state index is 8.95. The van der Waals surface area contributed by atoms with Crippen molar-refractivity contribution in [3.05, 3.63) is 46.8 Å². The zero-order chi connectivity index (χ0) is 14.1. The standard InChI is InChI=1S/C15H15N5/c1-9-6-12(8-16)19-15(18-9)20-14-5-2-10-7-11(17)3-4-13(10)14/h3-4,6-7,14H,2,5,17H2,1H3,(H,18,19,20). The summed E-state index contributed by atoms with van der Waals surface area (Å²) in [5.74, 6) is 0.510. The van der Waals surface area contributed by atoms with E-state index in [1.165, 1.54) is 11.1 Å². The molecule has 1 aromatic carbocycles. The van der Waals surface area contributed by atoms with Gasteiger partial charge < -0.3 is 11.1 Å². The highest BCUT2D eigenvalue weighted by Gasteiger charge is 2.23. The molecule has 1 aromatic heterocycles. The molecule has 100 valence electrons. The smallest absolute Gasteiger partial charge is 0.224 e. The number of hydrogen-bond acceptors (Lipinski definition) is 5. The fourth-order valence-corrected chi connectivity index (χ4v) is 2.63. The summed E-state index contributed by atoms with van der Waals surface area (Å²) in [7, 11) is 0. The molecule has 0 radical (unpaired) electrons. The van der Waals surface area contributed by atoms with E-state index in [1.807, 2.05) is 19.1 Å². The van der Waals surface area contributed by atoms with Gasteiger partial charge in [-0.2, -0.15) is 5.26 Å². The van der Waals surface area contributed by atoms with Crippen molar-refractivity contribution in [3.63, 3.8) is 0 Å². The van der Waals surface area contributed by atoms with Crippen LogP contribution < -0.4 is 11.1 Å². The summed E-state index contributed by atoms with van der Waals surface area (Å²) in [4.78, 5) is 8.54. The summed E-state index contributed by atoms with van der Waals surface area (Å²) >= 11 is 0. The number of benzene rings is 1. The first-order valence-corrected chi connectivity index (χ1v) is 6.56. The minimum Gasteiger partial charge on any atom is -0.399 e. The third-order valence-electron chi connectivity index (χ3n) is 3.52. The van der Waals surface area contributed by atoms with E-state index in [1.54, 1.807) is 6.07 Å². The molecule has 3 rings (SSSR count). The fraction of sp³-hybridized carbons (Fsp3) is 0.267. The lowest BCUT2D eigenvalue weighted by molar-refractivity contribution is 0.749. The predicted octanol–water partition coefficient (Wildman–Crippen LogP) is 2.34. The molecule has 0 saturated heterocycles. The number of nitrogens with one attached hydrogen (secondary N) is 1. The monoisotopic (exact) mass is 265 g/mol.